The number of hydrogen-bond acceptors (Lipinski definition) is 3. The fourth-order valence-electron chi connectivity index (χ4n) is 1.54. The summed E-state index contributed by atoms with van der Waals surface area (Å²) >= 11 is 0. The van der Waals surface area contributed by atoms with E-state index in [1.165, 1.54) is 0 Å². The third kappa shape index (κ3) is 6.24. The number of nitrogens with two attached hydrogens (primary N) is 1. The summed E-state index contributed by atoms with van der Waals surface area (Å²) in [5.74, 6) is 0.958. The highest BCUT2D eigenvalue weighted by Gasteiger charge is 2.23. The lowest BCUT2D eigenvalue weighted by atomic mass is 9.82. The fraction of sp³-hybridized carbons (Fsp3) is 0.929. The second kappa shape index (κ2) is 6.98. The van der Waals surface area contributed by atoms with Gasteiger partial charge >= 0.3 is 0 Å². The van der Waals surface area contributed by atoms with E-state index in [0.29, 0.717) is 17.2 Å². The molecule has 4 nitrogen and oxygen atoms in total. The van der Waals surface area contributed by atoms with E-state index in [-0.39, 0.29) is 5.41 Å². The van der Waals surface area contributed by atoms with Gasteiger partial charge in [0, 0.05) is 5.41 Å². The molecule has 108 valence electrons. The smallest absolute Gasteiger partial charge is 0.144 e. The molecule has 0 aliphatic rings. The van der Waals surface area contributed by atoms with Gasteiger partial charge in [-0.2, -0.15) is 0 Å². The Hall–Kier alpha value is -0.770. The van der Waals surface area contributed by atoms with E-state index in [4.69, 9.17) is 10.9 Å². The second-order valence-electron chi connectivity index (χ2n) is 6.94. The molecule has 0 aliphatic heterocycles. The normalized spacial score (nSPS) is 15.8. The Morgan fingerprint density at radius 2 is 1.83 bits per heavy atom. The number of nitrogens with zero attached hydrogens (tertiary/aromatic N) is 1. The molecule has 18 heavy (non-hydrogen) atoms. The molecule has 1 unspecified atom stereocenters. The minimum absolute atomic E-state index is 0.230. The zero-order chi connectivity index (χ0) is 14.4. The highest BCUT2D eigenvalue weighted by molar-refractivity contribution is 5.85. The Bertz CT molecular complexity index is 267. The van der Waals surface area contributed by atoms with Crippen molar-refractivity contribution in [1.82, 2.24) is 5.32 Å². The van der Waals surface area contributed by atoms with E-state index in [9.17, 15) is 0 Å². The van der Waals surface area contributed by atoms with Crippen LogP contribution in [0.4, 0.5) is 0 Å². The van der Waals surface area contributed by atoms with Crippen molar-refractivity contribution in [2.45, 2.75) is 54.4 Å². The first kappa shape index (κ1) is 17.2. The van der Waals surface area contributed by atoms with Crippen molar-refractivity contribution >= 4 is 5.84 Å². The molecule has 0 saturated heterocycles. The maximum atomic E-state index is 8.68. The standard InChI is InChI=1S/C14H31N3O/c1-11(13(2,3)4)10-16-9-7-8-14(5,6)12(15)17-18/h11,16,18H,7-10H2,1-6H3,(H2,15,17). The lowest BCUT2D eigenvalue weighted by molar-refractivity contribution is 0.251. The van der Waals surface area contributed by atoms with E-state index < -0.39 is 0 Å². The predicted octanol–water partition coefficient (Wildman–Crippen LogP) is 2.81. The largest absolute Gasteiger partial charge is 0.409 e. The molecule has 0 heterocycles. The van der Waals surface area contributed by atoms with Gasteiger partial charge in [-0.05, 0) is 37.3 Å². The van der Waals surface area contributed by atoms with Crippen LogP contribution in [-0.4, -0.2) is 24.1 Å². The van der Waals surface area contributed by atoms with Crippen molar-refractivity contribution in [3.05, 3.63) is 0 Å². The highest BCUT2D eigenvalue weighted by Crippen LogP contribution is 2.24. The molecule has 1 atom stereocenters. The monoisotopic (exact) mass is 257 g/mol. The van der Waals surface area contributed by atoms with Crippen molar-refractivity contribution in [1.29, 1.82) is 0 Å². The molecule has 0 spiro atoms. The Labute approximate surface area is 112 Å². The third-order valence-corrected chi connectivity index (χ3v) is 3.89. The summed E-state index contributed by atoms with van der Waals surface area (Å²) < 4.78 is 0. The highest BCUT2D eigenvalue weighted by atomic mass is 16.4. The van der Waals surface area contributed by atoms with Gasteiger partial charge in [0.15, 0.2) is 0 Å². The van der Waals surface area contributed by atoms with E-state index >= 15 is 0 Å². The van der Waals surface area contributed by atoms with Crippen LogP contribution in [0.1, 0.15) is 54.4 Å². The maximum Gasteiger partial charge on any atom is 0.144 e. The van der Waals surface area contributed by atoms with Gasteiger partial charge in [0.25, 0.3) is 0 Å². The Kier molecular flexibility index (Phi) is 6.68. The molecule has 0 saturated carbocycles. The lowest BCUT2D eigenvalue weighted by Crippen LogP contribution is -2.34. The van der Waals surface area contributed by atoms with E-state index in [0.717, 1.165) is 25.9 Å². The van der Waals surface area contributed by atoms with Crippen LogP contribution in [-0.2, 0) is 0 Å². The van der Waals surface area contributed by atoms with Gasteiger partial charge < -0.3 is 16.3 Å². The molecule has 0 aromatic carbocycles. The van der Waals surface area contributed by atoms with Crippen molar-refractivity contribution in [2.75, 3.05) is 13.1 Å². The molecule has 0 radical (unpaired) electrons. The Morgan fingerprint density at radius 3 is 2.28 bits per heavy atom. The zero-order valence-electron chi connectivity index (χ0n) is 12.9. The van der Waals surface area contributed by atoms with Crippen LogP contribution in [0.3, 0.4) is 0 Å². The van der Waals surface area contributed by atoms with Gasteiger partial charge in [0.05, 0.1) is 0 Å². The average Bonchev–Trinajstić information content (AvgIpc) is 2.25. The second-order valence-corrected chi connectivity index (χ2v) is 6.94. The van der Waals surface area contributed by atoms with Gasteiger partial charge in [0.2, 0.25) is 0 Å². The zero-order valence-corrected chi connectivity index (χ0v) is 12.9. The Balaban J connectivity index is 3.82. The molecule has 0 amide bonds. The lowest BCUT2D eigenvalue weighted by Gasteiger charge is -2.28. The number of hydrogen-bond donors (Lipinski definition) is 3. The molecule has 0 aromatic heterocycles. The summed E-state index contributed by atoms with van der Waals surface area (Å²) in [4.78, 5) is 0. The van der Waals surface area contributed by atoms with Crippen LogP contribution >= 0.6 is 0 Å². The quantitative estimate of drug-likeness (QED) is 0.216. The van der Waals surface area contributed by atoms with Crippen LogP contribution in [0.15, 0.2) is 5.16 Å². The van der Waals surface area contributed by atoms with E-state index in [1.807, 2.05) is 13.8 Å². The molecule has 0 bridgehead atoms. The first-order valence-electron chi connectivity index (χ1n) is 6.80. The number of amidine groups is 1. The van der Waals surface area contributed by atoms with Gasteiger partial charge in [-0.15, -0.1) is 0 Å². The van der Waals surface area contributed by atoms with Gasteiger partial charge in [-0.25, -0.2) is 0 Å². The van der Waals surface area contributed by atoms with Crippen molar-refractivity contribution in [3.8, 4) is 0 Å². The summed E-state index contributed by atoms with van der Waals surface area (Å²) in [5.41, 5.74) is 5.77. The van der Waals surface area contributed by atoms with Crippen LogP contribution in [0.2, 0.25) is 0 Å². The third-order valence-electron chi connectivity index (χ3n) is 3.89. The molecular formula is C14H31N3O. The minimum atomic E-state index is -0.230. The van der Waals surface area contributed by atoms with Gasteiger partial charge in [0.1, 0.15) is 5.84 Å². The number of rotatable bonds is 7. The number of nitrogens with one attached hydrogen (secondary N) is 1. The fourth-order valence-corrected chi connectivity index (χ4v) is 1.54. The number of oxime groups is 1. The molecule has 4 heteroatoms. The average molecular weight is 257 g/mol. The Morgan fingerprint density at radius 1 is 1.28 bits per heavy atom. The topological polar surface area (TPSA) is 70.6 Å². The molecule has 0 aliphatic carbocycles. The molecule has 4 N–H and O–H groups in total. The van der Waals surface area contributed by atoms with Crippen molar-refractivity contribution in [2.24, 2.45) is 27.6 Å². The van der Waals surface area contributed by atoms with Crippen molar-refractivity contribution < 1.29 is 5.21 Å². The van der Waals surface area contributed by atoms with Crippen molar-refractivity contribution in [3.63, 3.8) is 0 Å². The molecule has 0 aromatic rings. The summed E-state index contributed by atoms with van der Waals surface area (Å²) in [6, 6.07) is 0. The van der Waals surface area contributed by atoms with Crippen LogP contribution in [0.5, 0.6) is 0 Å². The first-order chi connectivity index (χ1) is 8.11. The summed E-state index contributed by atoms with van der Waals surface area (Å²) in [6.07, 6.45) is 1.94. The van der Waals surface area contributed by atoms with Crippen LogP contribution < -0.4 is 11.1 Å². The summed E-state index contributed by atoms with van der Waals surface area (Å²) in [7, 11) is 0. The van der Waals surface area contributed by atoms with E-state index in [2.05, 4.69) is 38.2 Å². The molecule has 0 rings (SSSR count). The SMILES string of the molecule is CC(CNCCCC(C)(C)C(N)=NO)C(C)(C)C. The minimum Gasteiger partial charge on any atom is -0.409 e. The van der Waals surface area contributed by atoms with Gasteiger partial charge in [-0.1, -0.05) is 46.7 Å². The summed E-state index contributed by atoms with van der Waals surface area (Å²) in [5, 5.41) is 15.3. The summed E-state index contributed by atoms with van der Waals surface area (Å²) in [6.45, 7) is 15.1. The van der Waals surface area contributed by atoms with E-state index in [1.54, 1.807) is 0 Å². The predicted molar refractivity (Wildman–Crippen MR) is 77.9 cm³/mol. The van der Waals surface area contributed by atoms with Crippen LogP contribution in [0.25, 0.3) is 0 Å². The maximum absolute atomic E-state index is 8.68. The molecule has 0 fully saturated rings. The van der Waals surface area contributed by atoms with Gasteiger partial charge in [-0.3, -0.25) is 0 Å². The molecular weight excluding hydrogens is 226 g/mol. The first-order valence-corrected chi connectivity index (χ1v) is 6.80. The van der Waals surface area contributed by atoms with Crippen LogP contribution in [0, 0.1) is 16.7 Å².